The zero-order valence-electron chi connectivity index (χ0n) is 11.1. The number of nitrogens with zero attached hydrogens (tertiary/aromatic N) is 2. The smallest absolute Gasteiger partial charge is 0.149 e. The molecule has 0 radical (unpaired) electrons. The lowest BCUT2D eigenvalue weighted by atomic mass is 9.90. The Morgan fingerprint density at radius 3 is 2.50 bits per heavy atom. The third kappa shape index (κ3) is 1.56. The lowest BCUT2D eigenvalue weighted by Gasteiger charge is -2.18. The first-order valence-electron chi connectivity index (χ1n) is 6.85. The van der Waals surface area contributed by atoms with E-state index in [1.54, 1.807) is 0 Å². The quantitative estimate of drug-likeness (QED) is 0.731. The van der Waals surface area contributed by atoms with E-state index < -0.39 is 0 Å². The molecule has 0 saturated carbocycles. The van der Waals surface area contributed by atoms with Gasteiger partial charge >= 0.3 is 0 Å². The van der Waals surface area contributed by atoms with Gasteiger partial charge in [0, 0.05) is 11.1 Å². The Morgan fingerprint density at radius 2 is 1.65 bits per heavy atom. The van der Waals surface area contributed by atoms with Crippen LogP contribution in [0.4, 0.5) is 5.82 Å². The topological polar surface area (TPSA) is 43.8 Å². The highest BCUT2D eigenvalue weighted by atomic mass is 15.3. The number of hydrogen-bond acceptors (Lipinski definition) is 2. The van der Waals surface area contributed by atoms with Gasteiger partial charge in [0.15, 0.2) is 0 Å². The highest BCUT2D eigenvalue weighted by Gasteiger charge is 2.24. The number of aryl methyl sites for hydroxylation is 1. The molecular weight excluding hydrogens is 246 g/mol. The van der Waals surface area contributed by atoms with Crippen molar-refractivity contribution in [2.45, 2.75) is 12.8 Å². The van der Waals surface area contributed by atoms with E-state index in [-0.39, 0.29) is 0 Å². The molecular formula is C17H15N3. The predicted octanol–water partition coefficient (Wildman–Crippen LogP) is 3.22. The molecule has 0 fully saturated rings. The lowest BCUT2D eigenvalue weighted by molar-refractivity contribution is 0.878. The molecule has 0 spiro atoms. The van der Waals surface area contributed by atoms with Crippen molar-refractivity contribution >= 4 is 5.82 Å². The van der Waals surface area contributed by atoms with Crippen molar-refractivity contribution in [1.82, 2.24) is 9.78 Å². The molecule has 0 aliphatic heterocycles. The fourth-order valence-electron chi connectivity index (χ4n) is 2.98. The van der Waals surface area contributed by atoms with Crippen LogP contribution in [0.25, 0.3) is 16.9 Å². The van der Waals surface area contributed by atoms with E-state index in [2.05, 4.69) is 41.5 Å². The van der Waals surface area contributed by atoms with Crippen LogP contribution in [0.15, 0.2) is 54.6 Å². The van der Waals surface area contributed by atoms with Gasteiger partial charge in [-0.1, -0.05) is 42.5 Å². The number of benzene rings is 2. The standard InChI is InChI=1S/C17H15N3/c18-17-15-11-10-12-6-4-5-9-14(12)16(15)20(19-17)13-7-2-1-3-8-13/h1-9H,10-11H2,(H2,18,19). The molecule has 20 heavy (non-hydrogen) atoms. The largest absolute Gasteiger partial charge is 0.382 e. The normalized spacial score (nSPS) is 12.8. The van der Waals surface area contributed by atoms with Crippen LogP contribution >= 0.6 is 0 Å². The summed E-state index contributed by atoms with van der Waals surface area (Å²) in [5, 5.41) is 4.56. The highest BCUT2D eigenvalue weighted by Crippen LogP contribution is 2.37. The predicted molar refractivity (Wildman–Crippen MR) is 80.8 cm³/mol. The number of hydrogen-bond donors (Lipinski definition) is 1. The third-order valence-electron chi connectivity index (χ3n) is 3.93. The molecule has 4 rings (SSSR count). The molecule has 98 valence electrons. The summed E-state index contributed by atoms with van der Waals surface area (Å²) in [5.41, 5.74) is 12.1. The second-order valence-corrected chi connectivity index (χ2v) is 5.12. The molecule has 2 aromatic carbocycles. The van der Waals surface area contributed by atoms with Crippen molar-refractivity contribution < 1.29 is 0 Å². The Labute approximate surface area is 117 Å². The van der Waals surface area contributed by atoms with Gasteiger partial charge in [0.2, 0.25) is 0 Å². The SMILES string of the molecule is Nc1nn(-c2ccccc2)c2c1CCc1ccccc1-2. The summed E-state index contributed by atoms with van der Waals surface area (Å²) in [7, 11) is 0. The van der Waals surface area contributed by atoms with Gasteiger partial charge in [0.1, 0.15) is 5.82 Å². The van der Waals surface area contributed by atoms with Crippen molar-refractivity contribution in [2.75, 3.05) is 5.73 Å². The highest BCUT2D eigenvalue weighted by molar-refractivity contribution is 5.75. The maximum atomic E-state index is 6.12. The molecule has 3 aromatic rings. The van der Waals surface area contributed by atoms with Gasteiger partial charge in [0.05, 0.1) is 11.4 Å². The summed E-state index contributed by atoms with van der Waals surface area (Å²) < 4.78 is 1.97. The average Bonchev–Trinajstić information content (AvgIpc) is 2.86. The van der Waals surface area contributed by atoms with Gasteiger partial charge in [-0.3, -0.25) is 0 Å². The summed E-state index contributed by atoms with van der Waals surface area (Å²) >= 11 is 0. The van der Waals surface area contributed by atoms with E-state index in [1.165, 1.54) is 16.7 Å². The van der Waals surface area contributed by atoms with Crippen LogP contribution in [0.2, 0.25) is 0 Å². The molecule has 1 heterocycles. The Hall–Kier alpha value is -2.55. The number of rotatable bonds is 1. The van der Waals surface area contributed by atoms with Crippen molar-refractivity contribution in [3.05, 3.63) is 65.7 Å². The molecule has 1 aliphatic rings. The summed E-state index contributed by atoms with van der Waals surface area (Å²) in [6.45, 7) is 0. The van der Waals surface area contributed by atoms with Crippen LogP contribution in [0.1, 0.15) is 11.1 Å². The van der Waals surface area contributed by atoms with Crippen molar-refractivity contribution in [3.63, 3.8) is 0 Å². The molecule has 0 amide bonds. The molecule has 0 bridgehead atoms. The van der Waals surface area contributed by atoms with Crippen molar-refractivity contribution in [2.24, 2.45) is 0 Å². The second-order valence-electron chi connectivity index (χ2n) is 5.12. The Balaban J connectivity index is 2.02. The van der Waals surface area contributed by atoms with Crippen LogP contribution < -0.4 is 5.73 Å². The molecule has 0 unspecified atom stereocenters. The third-order valence-corrected chi connectivity index (χ3v) is 3.93. The molecule has 2 N–H and O–H groups in total. The van der Waals surface area contributed by atoms with Crippen molar-refractivity contribution in [3.8, 4) is 16.9 Å². The van der Waals surface area contributed by atoms with Gasteiger partial charge in [-0.05, 0) is 30.5 Å². The van der Waals surface area contributed by atoms with Gasteiger partial charge in [0.25, 0.3) is 0 Å². The van der Waals surface area contributed by atoms with E-state index >= 15 is 0 Å². The molecule has 3 nitrogen and oxygen atoms in total. The average molecular weight is 261 g/mol. The first-order chi connectivity index (χ1) is 9.84. The molecule has 1 aromatic heterocycles. The summed E-state index contributed by atoms with van der Waals surface area (Å²) in [6, 6.07) is 18.7. The molecule has 1 aliphatic carbocycles. The van der Waals surface area contributed by atoms with Gasteiger partial charge in [-0.25, -0.2) is 4.68 Å². The number of aromatic nitrogens is 2. The number of nitrogen functional groups attached to an aromatic ring is 1. The summed E-state index contributed by atoms with van der Waals surface area (Å²) in [4.78, 5) is 0. The first kappa shape index (κ1) is 11.3. The molecule has 0 saturated heterocycles. The maximum Gasteiger partial charge on any atom is 0.149 e. The van der Waals surface area contributed by atoms with E-state index in [4.69, 9.17) is 5.73 Å². The summed E-state index contributed by atoms with van der Waals surface area (Å²) in [5.74, 6) is 0.651. The number of fused-ring (bicyclic) bond motifs is 3. The molecule has 0 atom stereocenters. The number of para-hydroxylation sites is 1. The molecule has 3 heteroatoms. The van der Waals surface area contributed by atoms with E-state index in [1.807, 2.05) is 22.9 Å². The minimum Gasteiger partial charge on any atom is -0.382 e. The van der Waals surface area contributed by atoms with Gasteiger partial charge < -0.3 is 5.73 Å². The van der Waals surface area contributed by atoms with Crippen LogP contribution in [0, 0.1) is 0 Å². The van der Waals surface area contributed by atoms with Crippen molar-refractivity contribution in [1.29, 1.82) is 0 Å². The Bertz CT molecular complexity index is 772. The maximum absolute atomic E-state index is 6.12. The number of nitrogens with two attached hydrogens (primary N) is 1. The van der Waals surface area contributed by atoms with Gasteiger partial charge in [-0.2, -0.15) is 0 Å². The first-order valence-corrected chi connectivity index (χ1v) is 6.85. The van der Waals surface area contributed by atoms with Gasteiger partial charge in [-0.15, -0.1) is 5.10 Å². The van der Waals surface area contributed by atoms with Crippen LogP contribution in [0.5, 0.6) is 0 Å². The minimum atomic E-state index is 0.651. The second kappa shape index (κ2) is 4.23. The van der Waals surface area contributed by atoms with E-state index in [0.717, 1.165) is 24.2 Å². The van der Waals surface area contributed by atoms with Crippen LogP contribution in [-0.2, 0) is 12.8 Å². The van der Waals surface area contributed by atoms with E-state index in [9.17, 15) is 0 Å². The fraction of sp³-hybridized carbons (Fsp3) is 0.118. The lowest BCUT2D eigenvalue weighted by Crippen LogP contribution is -2.07. The summed E-state index contributed by atoms with van der Waals surface area (Å²) in [6.07, 6.45) is 2.00. The number of anilines is 1. The zero-order chi connectivity index (χ0) is 13.5. The van der Waals surface area contributed by atoms with Crippen LogP contribution in [-0.4, -0.2) is 9.78 Å². The Morgan fingerprint density at radius 1 is 0.900 bits per heavy atom. The zero-order valence-corrected chi connectivity index (χ0v) is 11.1. The van der Waals surface area contributed by atoms with Crippen LogP contribution in [0.3, 0.4) is 0 Å². The minimum absolute atomic E-state index is 0.651. The fourth-order valence-corrected chi connectivity index (χ4v) is 2.98. The Kier molecular flexibility index (Phi) is 2.39. The van der Waals surface area contributed by atoms with E-state index in [0.29, 0.717) is 5.82 Å². The monoisotopic (exact) mass is 261 g/mol.